The van der Waals surface area contributed by atoms with E-state index >= 15 is 0 Å². The molecule has 2 nitrogen and oxygen atoms in total. The second-order valence-corrected chi connectivity index (χ2v) is 6.71. The number of thiazole rings is 1. The maximum atomic E-state index is 4.25. The first-order valence-corrected chi connectivity index (χ1v) is 7.80. The molecule has 0 fully saturated rings. The van der Waals surface area contributed by atoms with Crippen molar-refractivity contribution >= 4 is 23.1 Å². The molecule has 16 heavy (non-hydrogen) atoms. The van der Waals surface area contributed by atoms with Crippen LogP contribution in [0.15, 0.2) is 15.9 Å². The van der Waals surface area contributed by atoms with Crippen molar-refractivity contribution < 1.29 is 0 Å². The van der Waals surface area contributed by atoms with Crippen LogP contribution < -0.4 is 5.32 Å². The minimum Gasteiger partial charge on any atom is -0.313 e. The molecule has 0 aliphatic carbocycles. The van der Waals surface area contributed by atoms with Crippen molar-refractivity contribution in [1.82, 2.24) is 10.3 Å². The van der Waals surface area contributed by atoms with Gasteiger partial charge in [0.2, 0.25) is 0 Å². The first-order chi connectivity index (χ1) is 7.68. The highest BCUT2D eigenvalue weighted by Crippen LogP contribution is 2.19. The summed E-state index contributed by atoms with van der Waals surface area (Å²) in [7, 11) is 0. The Morgan fingerprint density at radius 3 is 2.81 bits per heavy atom. The van der Waals surface area contributed by atoms with Crippen LogP contribution in [0.2, 0.25) is 0 Å². The third-order valence-electron chi connectivity index (χ3n) is 2.41. The Hall–Kier alpha value is -0.0600. The molecule has 0 bridgehead atoms. The molecule has 1 atom stereocenters. The van der Waals surface area contributed by atoms with E-state index in [0.717, 1.165) is 18.2 Å². The van der Waals surface area contributed by atoms with Crippen LogP contribution in [-0.2, 0) is 0 Å². The van der Waals surface area contributed by atoms with Crippen molar-refractivity contribution in [3.05, 3.63) is 11.6 Å². The summed E-state index contributed by atoms with van der Waals surface area (Å²) in [6, 6.07) is 0.638. The van der Waals surface area contributed by atoms with Crippen molar-refractivity contribution in [2.75, 3.05) is 12.3 Å². The van der Waals surface area contributed by atoms with E-state index < -0.39 is 0 Å². The van der Waals surface area contributed by atoms with Gasteiger partial charge in [0.1, 0.15) is 4.34 Å². The number of hydrogen-bond donors (Lipinski definition) is 1. The highest BCUT2D eigenvalue weighted by molar-refractivity contribution is 8.01. The smallest absolute Gasteiger partial charge is 0.149 e. The quantitative estimate of drug-likeness (QED) is 0.569. The van der Waals surface area contributed by atoms with E-state index in [4.69, 9.17) is 0 Å². The maximum Gasteiger partial charge on any atom is 0.149 e. The Morgan fingerprint density at radius 1 is 1.38 bits per heavy atom. The molecule has 92 valence electrons. The van der Waals surface area contributed by atoms with E-state index in [2.05, 4.69) is 31.1 Å². The lowest BCUT2D eigenvalue weighted by atomic mass is 10.0. The van der Waals surface area contributed by atoms with Crippen molar-refractivity contribution in [2.24, 2.45) is 5.92 Å². The van der Waals surface area contributed by atoms with Gasteiger partial charge in [-0.15, -0.1) is 11.3 Å². The van der Waals surface area contributed by atoms with E-state index in [0.29, 0.717) is 6.04 Å². The lowest BCUT2D eigenvalue weighted by Crippen LogP contribution is -2.28. The zero-order chi connectivity index (χ0) is 11.8. The summed E-state index contributed by atoms with van der Waals surface area (Å²) in [4.78, 5) is 4.25. The van der Waals surface area contributed by atoms with Crippen molar-refractivity contribution in [3.63, 3.8) is 0 Å². The van der Waals surface area contributed by atoms with Crippen LogP contribution in [0.25, 0.3) is 0 Å². The summed E-state index contributed by atoms with van der Waals surface area (Å²) in [5, 5.41) is 5.59. The summed E-state index contributed by atoms with van der Waals surface area (Å²) in [6.07, 6.45) is 4.46. The van der Waals surface area contributed by atoms with E-state index in [1.807, 2.05) is 23.3 Å². The Balaban J connectivity index is 1.98. The largest absolute Gasteiger partial charge is 0.313 e. The third-order valence-corrected chi connectivity index (χ3v) is 4.37. The van der Waals surface area contributed by atoms with Gasteiger partial charge in [0.25, 0.3) is 0 Å². The fraction of sp³-hybridized carbons (Fsp3) is 0.750. The van der Waals surface area contributed by atoms with Crippen LogP contribution in [0.5, 0.6) is 0 Å². The van der Waals surface area contributed by atoms with Crippen LogP contribution in [0.1, 0.15) is 33.6 Å². The molecule has 0 radical (unpaired) electrons. The molecule has 0 aromatic carbocycles. The summed E-state index contributed by atoms with van der Waals surface area (Å²) in [6.45, 7) is 7.91. The van der Waals surface area contributed by atoms with Crippen molar-refractivity contribution in [3.8, 4) is 0 Å². The Bertz CT molecular complexity index is 260. The summed E-state index contributed by atoms with van der Waals surface area (Å²) in [5.74, 6) is 1.92. The van der Waals surface area contributed by atoms with Gasteiger partial charge in [-0.05, 0) is 25.7 Å². The minimum atomic E-state index is 0.638. The second kappa shape index (κ2) is 8.09. The fourth-order valence-electron chi connectivity index (χ4n) is 1.41. The summed E-state index contributed by atoms with van der Waals surface area (Å²) >= 11 is 3.56. The monoisotopic (exact) mass is 258 g/mol. The van der Waals surface area contributed by atoms with Gasteiger partial charge in [0, 0.05) is 29.9 Å². The fourth-order valence-corrected chi connectivity index (χ4v) is 2.99. The van der Waals surface area contributed by atoms with Gasteiger partial charge >= 0.3 is 0 Å². The average molecular weight is 258 g/mol. The van der Waals surface area contributed by atoms with E-state index in [9.17, 15) is 0 Å². The third kappa shape index (κ3) is 6.51. The van der Waals surface area contributed by atoms with Gasteiger partial charge in [0.05, 0.1) is 0 Å². The Kier molecular flexibility index (Phi) is 7.08. The van der Waals surface area contributed by atoms with Gasteiger partial charge < -0.3 is 5.32 Å². The van der Waals surface area contributed by atoms with Crippen molar-refractivity contribution in [2.45, 2.75) is 44.0 Å². The first kappa shape index (κ1) is 14.0. The highest BCUT2D eigenvalue weighted by Gasteiger charge is 2.03. The zero-order valence-electron chi connectivity index (χ0n) is 10.4. The number of nitrogens with zero attached hydrogens (tertiary/aromatic N) is 1. The van der Waals surface area contributed by atoms with E-state index in [-0.39, 0.29) is 0 Å². The molecule has 0 saturated heterocycles. The Morgan fingerprint density at radius 2 is 2.19 bits per heavy atom. The van der Waals surface area contributed by atoms with E-state index in [1.165, 1.54) is 17.2 Å². The van der Waals surface area contributed by atoms with Crippen LogP contribution in [-0.4, -0.2) is 23.3 Å². The minimum absolute atomic E-state index is 0.638. The number of rotatable bonds is 8. The molecule has 0 aliphatic heterocycles. The molecular formula is C12H22N2S2. The maximum absolute atomic E-state index is 4.25. The molecular weight excluding hydrogens is 236 g/mol. The van der Waals surface area contributed by atoms with Crippen molar-refractivity contribution in [1.29, 1.82) is 0 Å². The predicted molar refractivity (Wildman–Crippen MR) is 74.4 cm³/mol. The molecule has 1 heterocycles. The topological polar surface area (TPSA) is 24.9 Å². The number of hydrogen-bond acceptors (Lipinski definition) is 4. The molecule has 4 heteroatoms. The van der Waals surface area contributed by atoms with Gasteiger partial charge in [-0.3, -0.25) is 0 Å². The lowest BCUT2D eigenvalue weighted by molar-refractivity contribution is 0.460. The summed E-state index contributed by atoms with van der Waals surface area (Å²) < 4.78 is 1.18. The molecule has 0 spiro atoms. The van der Waals surface area contributed by atoms with E-state index in [1.54, 1.807) is 11.3 Å². The number of aromatic nitrogens is 1. The molecule has 1 aromatic heterocycles. The highest BCUT2D eigenvalue weighted by atomic mass is 32.2. The van der Waals surface area contributed by atoms with Crippen LogP contribution in [0, 0.1) is 5.92 Å². The Labute approximate surface area is 107 Å². The molecule has 1 rings (SSSR count). The number of thioether (sulfide) groups is 1. The van der Waals surface area contributed by atoms with Crippen LogP contribution in [0.4, 0.5) is 0 Å². The molecule has 1 aromatic rings. The van der Waals surface area contributed by atoms with Crippen LogP contribution in [0.3, 0.4) is 0 Å². The normalized spacial score (nSPS) is 13.2. The zero-order valence-corrected chi connectivity index (χ0v) is 12.0. The average Bonchev–Trinajstić information content (AvgIpc) is 2.74. The molecule has 0 amide bonds. The standard InChI is InChI=1S/C12H22N2S2/c1-10(2)4-5-11(3)13-6-8-15-12-14-7-9-16-12/h7,9-11,13H,4-6,8H2,1-3H3. The summed E-state index contributed by atoms with van der Waals surface area (Å²) in [5.41, 5.74) is 0. The molecule has 1 N–H and O–H groups in total. The predicted octanol–water partition coefficient (Wildman–Crippen LogP) is 3.65. The SMILES string of the molecule is CC(C)CCC(C)NCCSc1nccs1. The first-order valence-electron chi connectivity index (χ1n) is 5.94. The van der Waals surface area contributed by atoms with Gasteiger partial charge in [0.15, 0.2) is 0 Å². The lowest BCUT2D eigenvalue weighted by Gasteiger charge is -2.14. The van der Waals surface area contributed by atoms with Gasteiger partial charge in [-0.25, -0.2) is 4.98 Å². The van der Waals surface area contributed by atoms with Crippen LogP contribution >= 0.6 is 23.1 Å². The van der Waals surface area contributed by atoms with Gasteiger partial charge in [-0.2, -0.15) is 0 Å². The second-order valence-electron chi connectivity index (χ2n) is 4.47. The number of nitrogens with one attached hydrogen (secondary N) is 1. The molecule has 1 unspecified atom stereocenters. The molecule has 0 aliphatic rings. The molecule has 0 saturated carbocycles. The van der Waals surface area contributed by atoms with Gasteiger partial charge in [-0.1, -0.05) is 25.6 Å².